The molecular formula is C13H23N5O2. The molecule has 1 aromatic heterocycles. The van der Waals surface area contributed by atoms with E-state index in [9.17, 15) is 4.79 Å². The van der Waals surface area contributed by atoms with E-state index in [1.165, 1.54) is 0 Å². The van der Waals surface area contributed by atoms with Gasteiger partial charge in [-0.2, -0.15) is 0 Å². The van der Waals surface area contributed by atoms with Crippen molar-refractivity contribution < 1.29 is 9.21 Å². The summed E-state index contributed by atoms with van der Waals surface area (Å²) in [4.78, 5) is 13.8. The van der Waals surface area contributed by atoms with Gasteiger partial charge in [0.2, 0.25) is 11.8 Å². The van der Waals surface area contributed by atoms with E-state index in [0.29, 0.717) is 24.9 Å². The molecule has 1 fully saturated rings. The first-order valence-corrected chi connectivity index (χ1v) is 7.29. The number of carbonyl (C=O) groups excluding carboxylic acids is 1. The number of likely N-dealkylation sites (tertiary alicyclic amines) is 1. The summed E-state index contributed by atoms with van der Waals surface area (Å²) in [6.45, 7) is 7.14. The van der Waals surface area contributed by atoms with Crippen molar-refractivity contribution in [1.29, 1.82) is 0 Å². The molecule has 1 saturated heterocycles. The molecule has 0 spiro atoms. The highest BCUT2D eigenvalue weighted by atomic mass is 16.4. The first kappa shape index (κ1) is 14.8. The fourth-order valence-corrected chi connectivity index (χ4v) is 2.28. The van der Waals surface area contributed by atoms with Crippen LogP contribution in [0.3, 0.4) is 0 Å². The molecule has 0 aromatic carbocycles. The van der Waals surface area contributed by atoms with Crippen molar-refractivity contribution in [2.24, 2.45) is 0 Å². The van der Waals surface area contributed by atoms with Gasteiger partial charge in [0.15, 0.2) is 0 Å². The summed E-state index contributed by atoms with van der Waals surface area (Å²) in [5.41, 5.74) is 0. The Morgan fingerprint density at radius 1 is 1.40 bits per heavy atom. The lowest BCUT2D eigenvalue weighted by atomic mass is 10.3. The van der Waals surface area contributed by atoms with E-state index in [1.807, 2.05) is 18.7 Å². The molecule has 0 aliphatic carbocycles. The monoisotopic (exact) mass is 281 g/mol. The molecule has 1 aliphatic heterocycles. The average molecular weight is 281 g/mol. The third kappa shape index (κ3) is 3.93. The quantitative estimate of drug-likeness (QED) is 0.780. The molecular weight excluding hydrogens is 258 g/mol. The Balaban J connectivity index is 1.72. The van der Waals surface area contributed by atoms with Crippen molar-refractivity contribution in [3.05, 3.63) is 5.89 Å². The Hall–Kier alpha value is -1.63. The zero-order valence-electron chi connectivity index (χ0n) is 12.2. The zero-order chi connectivity index (χ0) is 14.4. The fraction of sp³-hybridized carbons (Fsp3) is 0.769. The maximum atomic E-state index is 11.8. The van der Waals surface area contributed by atoms with E-state index in [2.05, 4.69) is 20.8 Å². The lowest BCUT2D eigenvalue weighted by Crippen LogP contribution is -2.29. The van der Waals surface area contributed by atoms with E-state index < -0.39 is 0 Å². The number of rotatable bonds is 7. The van der Waals surface area contributed by atoms with Gasteiger partial charge in [0, 0.05) is 26.1 Å². The summed E-state index contributed by atoms with van der Waals surface area (Å²) in [6.07, 6.45) is 2.70. The predicted octanol–water partition coefficient (Wildman–Crippen LogP) is 1.16. The van der Waals surface area contributed by atoms with Gasteiger partial charge in [-0.1, -0.05) is 12.0 Å². The SMILES string of the molecule is CCNC(C)c1nnc(NCCC(=O)N2CCCC2)o1. The summed E-state index contributed by atoms with van der Waals surface area (Å²) < 4.78 is 5.48. The van der Waals surface area contributed by atoms with Crippen molar-refractivity contribution in [3.8, 4) is 0 Å². The molecule has 1 unspecified atom stereocenters. The zero-order valence-corrected chi connectivity index (χ0v) is 12.2. The van der Waals surface area contributed by atoms with Crippen molar-refractivity contribution in [3.63, 3.8) is 0 Å². The lowest BCUT2D eigenvalue weighted by molar-refractivity contribution is -0.129. The summed E-state index contributed by atoms with van der Waals surface area (Å²) in [5.74, 6) is 0.746. The minimum atomic E-state index is 0.0364. The Morgan fingerprint density at radius 3 is 2.85 bits per heavy atom. The van der Waals surface area contributed by atoms with Crippen molar-refractivity contribution in [2.75, 3.05) is 31.5 Å². The standard InChI is InChI=1S/C13H23N5O2/c1-3-14-10(2)12-16-17-13(20-12)15-7-6-11(19)18-8-4-5-9-18/h10,14H,3-9H2,1-2H3,(H,15,17). The Bertz CT molecular complexity index is 428. The Morgan fingerprint density at radius 2 is 2.15 bits per heavy atom. The molecule has 2 heterocycles. The van der Waals surface area contributed by atoms with Gasteiger partial charge in [-0.15, -0.1) is 5.10 Å². The minimum Gasteiger partial charge on any atom is -0.406 e. The fourth-order valence-electron chi connectivity index (χ4n) is 2.28. The van der Waals surface area contributed by atoms with E-state index >= 15 is 0 Å². The molecule has 1 aromatic rings. The van der Waals surface area contributed by atoms with Crippen molar-refractivity contribution in [1.82, 2.24) is 20.4 Å². The van der Waals surface area contributed by atoms with Crippen LogP contribution in [0.15, 0.2) is 4.42 Å². The molecule has 1 aliphatic rings. The van der Waals surface area contributed by atoms with Gasteiger partial charge in [0.05, 0.1) is 6.04 Å². The molecule has 0 bridgehead atoms. The van der Waals surface area contributed by atoms with Crippen molar-refractivity contribution >= 4 is 11.9 Å². The second-order valence-electron chi connectivity index (χ2n) is 4.99. The third-order valence-corrected chi connectivity index (χ3v) is 3.40. The number of anilines is 1. The number of carbonyl (C=O) groups is 1. The van der Waals surface area contributed by atoms with Gasteiger partial charge in [0.25, 0.3) is 0 Å². The van der Waals surface area contributed by atoms with Gasteiger partial charge in [-0.25, -0.2) is 0 Å². The summed E-state index contributed by atoms with van der Waals surface area (Å²) in [7, 11) is 0. The Kier molecular flexibility index (Phi) is 5.34. The lowest BCUT2D eigenvalue weighted by Gasteiger charge is -2.14. The number of hydrogen-bond donors (Lipinski definition) is 2. The molecule has 0 radical (unpaired) electrons. The highest BCUT2D eigenvalue weighted by Crippen LogP contribution is 2.13. The van der Waals surface area contributed by atoms with Crippen LogP contribution in [0, 0.1) is 0 Å². The van der Waals surface area contributed by atoms with E-state index in [4.69, 9.17) is 4.42 Å². The number of nitrogens with one attached hydrogen (secondary N) is 2. The summed E-state index contributed by atoms with van der Waals surface area (Å²) >= 11 is 0. The molecule has 1 atom stereocenters. The molecule has 7 heteroatoms. The topological polar surface area (TPSA) is 83.3 Å². The molecule has 112 valence electrons. The molecule has 2 N–H and O–H groups in total. The van der Waals surface area contributed by atoms with Crippen LogP contribution < -0.4 is 10.6 Å². The first-order valence-electron chi connectivity index (χ1n) is 7.29. The van der Waals surface area contributed by atoms with E-state index in [-0.39, 0.29) is 11.9 Å². The third-order valence-electron chi connectivity index (χ3n) is 3.40. The van der Waals surface area contributed by atoms with Gasteiger partial charge < -0.3 is 20.0 Å². The largest absolute Gasteiger partial charge is 0.406 e. The minimum absolute atomic E-state index is 0.0364. The average Bonchev–Trinajstić information content (AvgIpc) is 3.10. The smallest absolute Gasteiger partial charge is 0.315 e. The summed E-state index contributed by atoms with van der Waals surface area (Å²) in [5, 5.41) is 14.1. The Labute approximate surface area is 119 Å². The first-order chi connectivity index (χ1) is 9.70. The number of amides is 1. The van der Waals surface area contributed by atoms with Crippen LogP contribution in [0.5, 0.6) is 0 Å². The molecule has 1 amide bonds. The molecule has 0 saturated carbocycles. The number of hydrogen-bond acceptors (Lipinski definition) is 6. The number of aromatic nitrogens is 2. The second-order valence-corrected chi connectivity index (χ2v) is 4.99. The van der Waals surface area contributed by atoms with Crippen molar-refractivity contribution in [2.45, 2.75) is 39.2 Å². The molecule has 7 nitrogen and oxygen atoms in total. The predicted molar refractivity (Wildman–Crippen MR) is 75.3 cm³/mol. The van der Waals surface area contributed by atoms with E-state index in [0.717, 1.165) is 32.5 Å². The van der Waals surface area contributed by atoms with Crippen LogP contribution in [0.25, 0.3) is 0 Å². The maximum Gasteiger partial charge on any atom is 0.315 e. The van der Waals surface area contributed by atoms with Crippen LogP contribution in [0.4, 0.5) is 6.01 Å². The highest BCUT2D eigenvalue weighted by molar-refractivity contribution is 5.76. The molecule has 2 rings (SSSR count). The van der Waals surface area contributed by atoms with Gasteiger partial charge in [0.1, 0.15) is 0 Å². The van der Waals surface area contributed by atoms with Crippen LogP contribution in [-0.2, 0) is 4.79 Å². The maximum absolute atomic E-state index is 11.8. The normalized spacial score (nSPS) is 16.4. The van der Waals surface area contributed by atoms with Crippen LogP contribution in [0.1, 0.15) is 45.0 Å². The van der Waals surface area contributed by atoms with Crippen LogP contribution >= 0.6 is 0 Å². The van der Waals surface area contributed by atoms with Gasteiger partial charge in [-0.3, -0.25) is 4.79 Å². The molecule has 20 heavy (non-hydrogen) atoms. The van der Waals surface area contributed by atoms with Crippen LogP contribution in [0.2, 0.25) is 0 Å². The van der Waals surface area contributed by atoms with Gasteiger partial charge in [-0.05, 0) is 26.3 Å². The van der Waals surface area contributed by atoms with Crippen LogP contribution in [-0.4, -0.2) is 47.2 Å². The number of nitrogens with zero attached hydrogens (tertiary/aromatic N) is 3. The van der Waals surface area contributed by atoms with Gasteiger partial charge >= 0.3 is 6.01 Å². The highest BCUT2D eigenvalue weighted by Gasteiger charge is 2.17. The second kappa shape index (κ2) is 7.23. The summed E-state index contributed by atoms with van der Waals surface area (Å²) in [6, 6.07) is 0.410. The van der Waals surface area contributed by atoms with E-state index in [1.54, 1.807) is 0 Å².